The zero-order valence-corrected chi connectivity index (χ0v) is 12.5. The van der Waals surface area contributed by atoms with Crippen molar-refractivity contribution < 1.29 is 9.32 Å². The number of nitrogens with zero attached hydrogens (tertiary/aromatic N) is 3. The molecule has 5 heteroatoms. The molecule has 0 spiro atoms. The van der Waals surface area contributed by atoms with Crippen molar-refractivity contribution in [2.45, 2.75) is 13.0 Å². The van der Waals surface area contributed by atoms with Gasteiger partial charge in [0.2, 0.25) is 0 Å². The number of rotatable bonds is 2. The van der Waals surface area contributed by atoms with E-state index in [0.717, 1.165) is 22.6 Å². The molecule has 114 valence electrons. The Balaban J connectivity index is 1.64. The van der Waals surface area contributed by atoms with E-state index in [1.165, 1.54) is 0 Å². The van der Waals surface area contributed by atoms with Gasteiger partial charge in [0, 0.05) is 42.0 Å². The van der Waals surface area contributed by atoms with E-state index < -0.39 is 0 Å². The fraction of sp³-hybridized carbons (Fsp3) is 0.167. The molecule has 0 saturated heterocycles. The molecule has 3 aromatic rings. The smallest absolute Gasteiger partial charge is 0.254 e. The first-order valence-corrected chi connectivity index (χ1v) is 7.55. The van der Waals surface area contributed by atoms with Crippen molar-refractivity contribution in [2.24, 2.45) is 0 Å². The van der Waals surface area contributed by atoms with Gasteiger partial charge in [-0.1, -0.05) is 35.5 Å². The van der Waals surface area contributed by atoms with Gasteiger partial charge in [0.1, 0.15) is 11.5 Å². The molecule has 0 fully saturated rings. The zero-order valence-electron chi connectivity index (χ0n) is 12.5. The lowest BCUT2D eigenvalue weighted by Crippen LogP contribution is -2.35. The van der Waals surface area contributed by atoms with Gasteiger partial charge in [-0.2, -0.15) is 0 Å². The van der Waals surface area contributed by atoms with Crippen LogP contribution in [0, 0.1) is 0 Å². The predicted molar refractivity (Wildman–Crippen MR) is 84.6 cm³/mol. The molecular formula is C18H15N3O2. The Labute approximate surface area is 133 Å². The first-order valence-electron chi connectivity index (χ1n) is 7.55. The lowest BCUT2D eigenvalue weighted by Gasteiger charge is -2.26. The quantitative estimate of drug-likeness (QED) is 0.730. The highest BCUT2D eigenvalue weighted by Gasteiger charge is 2.27. The molecule has 0 atom stereocenters. The molecule has 1 aromatic carbocycles. The zero-order chi connectivity index (χ0) is 15.6. The van der Waals surface area contributed by atoms with Crippen LogP contribution in [0.4, 0.5) is 0 Å². The van der Waals surface area contributed by atoms with Crippen LogP contribution in [0.1, 0.15) is 21.7 Å². The highest BCUT2D eigenvalue weighted by atomic mass is 16.5. The SMILES string of the molecule is O=C(c1ccncc1)N1CCc2onc(-c3ccccc3)c2C1. The number of carbonyl (C=O) groups is 1. The summed E-state index contributed by atoms with van der Waals surface area (Å²) < 4.78 is 5.48. The van der Waals surface area contributed by atoms with Gasteiger partial charge in [-0.15, -0.1) is 0 Å². The second kappa shape index (κ2) is 5.68. The van der Waals surface area contributed by atoms with Gasteiger partial charge in [0.05, 0.1) is 6.54 Å². The minimum atomic E-state index is 0.0123. The first kappa shape index (κ1) is 13.7. The maximum Gasteiger partial charge on any atom is 0.254 e. The predicted octanol–water partition coefficient (Wildman–Crippen LogP) is 2.94. The monoisotopic (exact) mass is 305 g/mol. The van der Waals surface area contributed by atoms with E-state index in [0.29, 0.717) is 25.1 Å². The Morgan fingerprint density at radius 3 is 2.65 bits per heavy atom. The molecule has 1 amide bonds. The first-order chi connectivity index (χ1) is 11.3. The molecular weight excluding hydrogens is 290 g/mol. The van der Waals surface area contributed by atoms with Crippen molar-refractivity contribution in [1.82, 2.24) is 15.0 Å². The standard InChI is InChI=1S/C18H15N3O2/c22-18(14-6-9-19-10-7-14)21-11-8-16-15(12-21)17(20-23-16)13-4-2-1-3-5-13/h1-7,9-10H,8,11-12H2. The van der Waals surface area contributed by atoms with Gasteiger partial charge in [-0.3, -0.25) is 9.78 Å². The summed E-state index contributed by atoms with van der Waals surface area (Å²) in [6.45, 7) is 1.15. The van der Waals surface area contributed by atoms with Gasteiger partial charge < -0.3 is 9.42 Å². The number of amides is 1. The molecule has 23 heavy (non-hydrogen) atoms. The average Bonchev–Trinajstić information content (AvgIpc) is 3.05. The highest BCUT2D eigenvalue weighted by molar-refractivity contribution is 5.94. The molecule has 2 aromatic heterocycles. The van der Waals surface area contributed by atoms with E-state index in [-0.39, 0.29) is 5.91 Å². The number of hydrogen-bond acceptors (Lipinski definition) is 4. The Morgan fingerprint density at radius 2 is 1.87 bits per heavy atom. The summed E-state index contributed by atoms with van der Waals surface area (Å²) in [5, 5.41) is 4.21. The number of carbonyl (C=O) groups excluding carboxylic acids is 1. The fourth-order valence-corrected chi connectivity index (χ4v) is 2.88. The Kier molecular flexibility index (Phi) is 3.38. The number of benzene rings is 1. The van der Waals surface area contributed by atoms with Crippen LogP contribution in [0.15, 0.2) is 59.4 Å². The van der Waals surface area contributed by atoms with Crippen molar-refractivity contribution in [1.29, 1.82) is 0 Å². The van der Waals surface area contributed by atoms with Crippen LogP contribution in [0.3, 0.4) is 0 Å². The van der Waals surface area contributed by atoms with Crippen molar-refractivity contribution >= 4 is 5.91 Å². The molecule has 1 aliphatic rings. The van der Waals surface area contributed by atoms with E-state index >= 15 is 0 Å². The van der Waals surface area contributed by atoms with Crippen LogP contribution < -0.4 is 0 Å². The van der Waals surface area contributed by atoms with Crippen molar-refractivity contribution in [3.05, 3.63) is 71.7 Å². The maximum atomic E-state index is 12.6. The molecule has 0 saturated carbocycles. The molecule has 0 radical (unpaired) electrons. The Hall–Kier alpha value is -2.95. The second-order valence-electron chi connectivity index (χ2n) is 5.51. The summed E-state index contributed by atoms with van der Waals surface area (Å²) in [4.78, 5) is 18.4. The third-order valence-electron chi connectivity index (χ3n) is 4.09. The summed E-state index contributed by atoms with van der Waals surface area (Å²) >= 11 is 0. The van der Waals surface area contributed by atoms with E-state index in [1.807, 2.05) is 35.2 Å². The van der Waals surface area contributed by atoms with Gasteiger partial charge in [-0.25, -0.2) is 0 Å². The van der Waals surface area contributed by atoms with Gasteiger partial charge in [-0.05, 0) is 12.1 Å². The van der Waals surface area contributed by atoms with Crippen molar-refractivity contribution in [2.75, 3.05) is 6.54 Å². The summed E-state index contributed by atoms with van der Waals surface area (Å²) in [6, 6.07) is 13.4. The fourth-order valence-electron chi connectivity index (χ4n) is 2.88. The summed E-state index contributed by atoms with van der Waals surface area (Å²) in [6.07, 6.45) is 3.96. The molecule has 5 nitrogen and oxygen atoms in total. The van der Waals surface area contributed by atoms with Crippen LogP contribution in [0.25, 0.3) is 11.3 Å². The summed E-state index contributed by atoms with van der Waals surface area (Å²) in [7, 11) is 0. The van der Waals surface area contributed by atoms with Gasteiger partial charge >= 0.3 is 0 Å². The van der Waals surface area contributed by atoms with E-state index in [4.69, 9.17) is 4.52 Å². The Morgan fingerprint density at radius 1 is 1.09 bits per heavy atom. The third-order valence-corrected chi connectivity index (χ3v) is 4.09. The van der Waals surface area contributed by atoms with Crippen LogP contribution in [0.5, 0.6) is 0 Å². The topological polar surface area (TPSA) is 59.2 Å². The van der Waals surface area contributed by atoms with Crippen LogP contribution >= 0.6 is 0 Å². The van der Waals surface area contributed by atoms with Crippen molar-refractivity contribution in [3.8, 4) is 11.3 Å². The van der Waals surface area contributed by atoms with E-state index in [1.54, 1.807) is 24.5 Å². The second-order valence-corrected chi connectivity index (χ2v) is 5.51. The minimum Gasteiger partial charge on any atom is -0.360 e. The molecule has 0 aliphatic carbocycles. The van der Waals surface area contributed by atoms with Gasteiger partial charge in [0.15, 0.2) is 0 Å². The largest absolute Gasteiger partial charge is 0.360 e. The molecule has 3 heterocycles. The normalized spacial score (nSPS) is 13.7. The number of fused-ring (bicyclic) bond motifs is 1. The lowest BCUT2D eigenvalue weighted by molar-refractivity contribution is 0.0729. The Bertz CT molecular complexity index is 828. The average molecular weight is 305 g/mol. The minimum absolute atomic E-state index is 0.0123. The molecule has 1 aliphatic heterocycles. The summed E-state index contributed by atoms with van der Waals surface area (Å²) in [5.41, 5.74) is 3.49. The number of hydrogen-bond donors (Lipinski definition) is 0. The number of pyridine rings is 1. The van der Waals surface area contributed by atoms with Crippen LogP contribution in [-0.4, -0.2) is 27.5 Å². The highest BCUT2D eigenvalue weighted by Crippen LogP contribution is 2.30. The van der Waals surface area contributed by atoms with Gasteiger partial charge in [0.25, 0.3) is 5.91 Å². The molecule has 0 N–H and O–H groups in total. The maximum absolute atomic E-state index is 12.6. The molecule has 0 bridgehead atoms. The summed E-state index contributed by atoms with van der Waals surface area (Å²) in [5.74, 6) is 0.890. The van der Waals surface area contributed by atoms with Crippen LogP contribution in [0.2, 0.25) is 0 Å². The lowest BCUT2D eigenvalue weighted by atomic mass is 10.0. The van der Waals surface area contributed by atoms with Crippen LogP contribution in [-0.2, 0) is 13.0 Å². The molecule has 0 unspecified atom stereocenters. The van der Waals surface area contributed by atoms with E-state index in [2.05, 4.69) is 10.1 Å². The molecule has 4 rings (SSSR count). The van der Waals surface area contributed by atoms with Crippen molar-refractivity contribution in [3.63, 3.8) is 0 Å². The third kappa shape index (κ3) is 2.50. The van der Waals surface area contributed by atoms with E-state index in [9.17, 15) is 4.79 Å². The number of aromatic nitrogens is 2.